The maximum atomic E-state index is 5.97. The number of halogens is 1. The molecule has 1 heterocycles. The summed E-state index contributed by atoms with van der Waals surface area (Å²) in [6.07, 6.45) is 0. The fourth-order valence-corrected chi connectivity index (χ4v) is 1.99. The Bertz CT molecular complexity index is 676. The van der Waals surface area contributed by atoms with E-state index in [0.29, 0.717) is 0 Å². The molecule has 1 nitrogen and oxygen atoms in total. The minimum absolute atomic E-state index is 0.720. The SMILES string of the molecule is Clc1cccc(-c2c[c]c3ccccc3n2)c1. The van der Waals surface area contributed by atoms with E-state index in [1.54, 1.807) is 0 Å². The van der Waals surface area contributed by atoms with E-state index in [9.17, 15) is 0 Å². The Morgan fingerprint density at radius 3 is 2.76 bits per heavy atom. The zero-order valence-corrected chi connectivity index (χ0v) is 9.78. The zero-order valence-electron chi connectivity index (χ0n) is 9.02. The number of para-hydroxylation sites is 1. The molecule has 0 aliphatic heterocycles. The van der Waals surface area contributed by atoms with Crippen LogP contribution in [0.1, 0.15) is 0 Å². The fraction of sp³-hybridized carbons (Fsp3) is 0. The van der Waals surface area contributed by atoms with Gasteiger partial charge in [-0.25, -0.2) is 4.98 Å². The first kappa shape index (κ1) is 10.3. The number of nitrogens with zero attached hydrogens (tertiary/aromatic N) is 1. The van der Waals surface area contributed by atoms with Gasteiger partial charge in [0.15, 0.2) is 0 Å². The maximum Gasteiger partial charge on any atom is 0.0716 e. The van der Waals surface area contributed by atoms with E-state index in [1.165, 1.54) is 0 Å². The molecule has 2 aromatic carbocycles. The largest absolute Gasteiger partial charge is 0.248 e. The standard InChI is InChI=1S/C15H9ClN/c16-13-6-3-5-12(10-13)15-9-8-11-4-1-2-7-14(11)17-15/h1-7,9-10H. The van der Waals surface area contributed by atoms with Crippen molar-refractivity contribution < 1.29 is 0 Å². The van der Waals surface area contributed by atoms with Crippen molar-refractivity contribution in [3.63, 3.8) is 0 Å². The molecule has 0 saturated heterocycles. The first-order valence-corrected chi connectivity index (χ1v) is 5.74. The molecule has 2 heteroatoms. The monoisotopic (exact) mass is 238 g/mol. The van der Waals surface area contributed by atoms with Crippen molar-refractivity contribution in [3.05, 3.63) is 65.7 Å². The third-order valence-corrected chi connectivity index (χ3v) is 2.86. The third kappa shape index (κ3) is 2.02. The molecule has 0 N–H and O–H groups in total. The van der Waals surface area contributed by atoms with Crippen LogP contribution in [0.2, 0.25) is 5.02 Å². The Kier molecular flexibility index (Phi) is 2.54. The summed E-state index contributed by atoms with van der Waals surface area (Å²) in [6, 6.07) is 20.8. The van der Waals surface area contributed by atoms with Crippen LogP contribution < -0.4 is 0 Å². The van der Waals surface area contributed by atoms with Crippen LogP contribution in [0.4, 0.5) is 0 Å². The normalized spacial score (nSPS) is 10.6. The van der Waals surface area contributed by atoms with Gasteiger partial charge in [-0.05, 0) is 30.3 Å². The highest BCUT2D eigenvalue weighted by atomic mass is 35.5. The number of fused-ring (bicyclic) bond motifs is 1. The first-order chi connectivity index (χ1) is 8.33. The van der Waals surface area contributed by atoms with Gasteiger partial charge in [-0.15, -0.1) is 0 Å². The second-order valence-corrected chi connectivity index (χ2v) is 4.25. The molecule has 81 valence electrons. The van der Waals surface area contributed by atoms with E-state index in [-0.39, 0.29) is 0 Å². The van der Waals surface area contributed by atoms with Crippen molar-refractivity contribution in [1.82, 2.24) is 4.98 Å². The molecule has 0 spiro atoms. The number of hydrogen-bond donors (Lipinski definition) is 0. The first-order valence-electron chi connectivity index (χ1n) is 5.36. The molecule has 0 atom stereocenters. The average molecular weight is 239 g/mol. The summed E-state index contributed by atoms with van der Waals surface area (Å²) in [6.45, 7) is 0. The second kappa shape index (κ2) is 4.19. The van der Waals surface area contributed by atoms with Gasteiger partial charge >= 0.3 is 0 Å². The Hall–Kier alpha value is -1.86. The Balaban J connectivity index is 2.18. The molecule has 1 radical (unpaired) electrons. The van der Waals surface area contributed by atoms with Gasteiger partial charge < -0.3 is 0 Å². The summed E-state index contributed by atoms with van der Waals surface area (Å²) in [5.74, 6) is 0. The van der Waals surface area contributed by atoms with E-state index in [1.807, 2.05) is 54.6 Å². The second-order valence-electron chi connectivity index (χ2n) is 3.81. The molecular formula is C15H9ClN. The van der Waals surface area contributed by atoms with Crippen molar-refractivity contribution in [1.29, 1.82) is 0 Å². The van der Waals surface area contributed by atoms with Crippen LogP contribution in [0, 0.1) is 6.07 Å². The highest BCUT2D eigenvalue weighted by Crippen LogP contribution is 2.22. The fourth-order valence-electron chi connectivity index (χ4n) is 1.80. The van der Waals surface area contributed by atoms with Gasteiger partial charge in [0.25, 0.3) is 0 Å². The molecule has 3 aromatic rings. The van der Waals surface area contributed by atoms with Gasteiger partial charge in [-0.3, -0.25) is 0 Å². The van der Waals surface area contributed by atoms with Gasteiger partial charge in [0, 0.05) is 16.0 Å². The molecule has 0 aliphatic rings. The van der Waals surface area contributed by atoms with Crippen LogP contribution in [0.25, 0.3) is 22.2 Å². The minimum atomic E-state index is 0.720. The van der Waals surface area contributed by atoms with E-state index in [2.05, 4.69) is 11.1 Å². The lowest BCUT2D eigenvalue weighted by Crippen LogP contribution is -1.85. The minimum Gasteiger partial charge on any atom is -0.248 e. The van der Waals surface area contributed by atoms with Crippen LogP contribution >= 0.6 is 11.6 Å². The number of hydrogen-bond acceptors (Lipinski definition) is 1. The van der Waals surface area contributed by atoms with E-state index < -0.39 is 0 Å². The zero-order chi connectivity index (χ0) is 11.7. The Labute approximate surface area is 105 Å². The van der Waals surface area contributed by atoms with E-state index in [0.717, 1.165) is 27.2 Å². The van der Waals surface area contributed by atoms with E-state index in [4.69, 9.17) is 11.6 Å². The van der Waals surface area contributed by atoms with E-state index >= 15 is 0 Å². The van der Waals surface area contributed by atoms with Crippen LogP contribution in [0.15, 0.2) is 54.6 Å². The predicted molar refractivity (Wildman–Crippen MR) is 71.0 cm³/mol. The molecule has 17 heavy (non-hydrogen) atoms. The lowest BCUT2D eigenvalue weighted by atomic mass is 10.1. The molecule has 3 rings (SSSR count). The van der Waals surface area contributed by atoms with Crippen LogP contribution in [-0.2, 0) is 0 Å². The molecular weight excluding hydrogens is 230 g/mol. The van der Waals surface area contributed by atoms with Gasteiger partial charge in [-0.1, -0.05) is 41.9 Å². The Morgan fingerprint density at radius 1 is 1.00 bits per heavy atom. The van der Waals surface area contributed by atoms with Gasteiger partial charge in [0.2, 0.25) is 0 Å². The molecule has 0 fully saturated rings. The van der Waals surface area contributed by atoms with Crippen molar-refractivity contribution in [2.75, 3.05) is 0 Å². The van der Waals surface area contributed by atoms with Crippen LogP contribution in [-0.4, -0.2) is 4.98 Å². The maximum absolute atomic E-state index is 5.97. The lowest BCUT2D eigenvalue weighted by Gasteiger charge is -2.03. The lowest BCUT2D eigenvalue weighted by molar-refractivity contribution is 1.40. The van der Waals surface area contributed by atoms with Crippen molar-refractivity contribution in [2.24, 2.45) is 0 Å². The molecule has 0 unspecified atom stereocenters. The average Bonchev–Trinajstić information content (AvgIpc) is 2.38. The molecule has 0 saturated carbocycles. The van der Waals surface area contributed by atoms with Gasteiger partial charge in [0.05, 0.1) is 11.2 Å². The summed E-state index contributed by atoms with van der Waals surface area (Å²) in [5, 5.41) is 1.75. The summed E-state index contributed by atoms with van der Waals surface area (Å²) in [5.41, 5.74) is 2.86. The summed E-state index contributed by atoms with van der Waals surface area (Å²) in [4.78, 5) is 4.60. The molecule has 0 bridgehead atoms. The molecule has 1 aromatic heterocycles. The topological polar surface area (TPSA) is 12.9 Å². The van der Waals surface area contributed by atoms with Gasteiger partial charge in [0.1, 0.15) is 0 Å². The number of rotatable bonds is 1. The van der Waals surface area contributed by atoms with Crippen molar-refractivity contribution in [2.45, 2.75) is 0 Å². The van der Waals surface area contributed by atoms with Crippen LogP contribution in [0.3, 0.4) is 0 Å². The van der Waals surface area contributed by atoms with Gasteiger partial charge in [-0.2, -0.15) is 0 Å². The van der Waals surface area contributed by atoms with Crippen LogP contribution in [0.5, 0.6) is 0 Å². The third-order valence-electron chi connectivity index (χ3n) is 2.63. The summed E-state index contributed by atoms with van der Waals surface area (Å²) >= 11 is 5.97. The Morgan fingerprint density at radius 2 is 1.88 bits per heavy atom. The van der Waals surface area contributed by atoms with Crippen molar-refractivity contribution in [3.8, 4) is 11.3 Å². The van der Waals surface area contributed by atoms with Crippen molar-refractivity contribution >= 4 is 22.5 Å². The highest BCUT2D eigenvalue weighted by Gasteiger charge is 2.01. The summed E-state index contributed by atoms with van der Waals surface area (Å²) < 4.78 is 0. The quantitative estimate of drug-likeness (QED) is 0.614. The molecule has 0 aliphatic carbocycles. The molecule has 0 amide bonds. The predicted octanol–water partition coefficient (Wildman–Crippen LogP) is 4.36. The summed E-state index contributed by atoms with van der Waals surface area (Å²) in [7, 11) is 0. The highest BCUT2D eigenvalue weighted by molar-refractivity contribution is 6.30. The number of benzene rings is 2. The smallest absolute Gasteiger partial charge is 0.0716 e. The number of aromatic nitrogens is 1. The number of pyridine rings is 1.